The van der Waals surface area contributed by atoms with E-state index in [0.717, 1.165) is 35.0 Å². The maximum absolute atomic E-state index is 12.9. The first-order valence-corrected chi connectivity index (χ1v) is 14.1. The summed E-state index contributed by atoms with van der Waals surface area (Å²) in [7, 11) is 5.31. The van der Waals surface area contributed by atoms with Crippen molar-refractivity contribution < 1.29 is 14.7 Å². The predicted octanol–water partition coefficient (Wildman–Crippen LogP) is 6.23. The quantitative estimate of drug-likeness (QED) is 0.295. The Morgan fingerprint density at radius 3 is 2.20 bits per heavy atom. The summed E-state index contributed by atoms with van der Waals surface area (Å²) < 4.78 is 0. The Morgan fingerprint density at radius 1 is 1.07 bits per heavy atom. The van der Waals surface area contributed by atoms with E-state index in [1.165, 1.54) is 11.1 Å². The van der Waals surface area contributed by atoms with Crippen LogP contribution in [0.15, 0.2) is 60.6 Å². The van der Waals surface area contributed by atoms with Crippen molar-refractivity contribution in [3.63, 3.8) is 0 Å². The van der Waals surface area contributed by atoms with Gasteiger partial charge in [-0.1, -0.05) is 94.9 Å². The SMILES string of the molecule is C=C1N(C)C=C(C(=O)Nc2cccc(-c3cccc([B]C)c3Cl)c2CC)C(=O)N1C.CCCC(C)(C)C(C)(C)O. The summed E-state index contributed by atoms with van der Waals surface area (Å²) in [6.07, 6.45) is 4.41. The molecule has 8 heteroatoms. The molecule has 2 aromatic rings. The van der Waals surface area contributed by atoms with E-state index in [4.69, 9.17) is 11.6 Å². The second-order valence-corrected chi connectivity index (χ2v) is 11.6. The van der Waals surface area contributed by atoms with E-state index >= 15 is 0 Å². The van der Waals surface area contributed by atoms with Crippen molar-refractivity contribution in [2.24, 2.45) is 5.41 Å². The highest BCUT2D eigenvalue weighted by Crippen LogP contribution is 2.35. The lowest BCUT2D eigenvalue weighted by atomic mass is 9.72. The molecule has 1 aliphatic heterocycles. The largest absolute Gasteiger partial charge is 0.390 e. The van der Waals surface area contributed by atoms with Gasteiger partial charge in [-0.05, 0) is 49.3 Å². The number of hydrogen-bond donors (Lipinski definition) is 2. The third-order valence-corrected chi connectivity index (χ3v) is 8.26. The molecule has 2 aromatic carbocycles. The van der Waals surface area contributed by atoms with E-state index in [2.05, 4.69) is 32.7 Å². The first kappa shape index (κ1) is 33.2. The lowest BCUT2D eigenvalue weighted by Gasteiger charge is -2.37. The van der Waals surface area contributed by atoms with Crippen molar-refractivity contribution in [1.82, 2.24) is 9.80 Å². The number of carbonyl (C=O) groups excluding carboxylic acids is 2. The number of nitrogens with zero attached hydrogens (tertiary/aromatic N) is 2. The van der Waals surface area contributed by atoms with Crippen molar-refractivity contribution in [1.29, 1.82) is 0 Å². The topological polar surface area (TPSA) is 72.9 Å². The van der Waals surface area contributed by atoms with Crippen LogP contribution in [0.3, 0.4) is 0 Å². The fourth-order valence-electron chi connectivity index (χ4n) is 4.45. The van der Waals surface area contributed by atoms with Crippen LogP contribution < -0.4 is 10.8 Å². The normalized spacial score (nSPS) is 13.9. The molecule has 2 amide bonds. The van der Waals surface area contributed by atoms with E-state index < -0.39 is 11.5 Å². The van der Waals surface area contributed by atoms with Crippen LogP contribution in [0.1, 0.15) is 59.9 Å². The smallest absolute Gasteiger partial charge is 0.266 e. The van der Waals surface area contributed by atoms with E-state index in [1.807, 2.05) is 71.3 Å². The van der Waals surface area contributed by atoms with Crippen LogP contribution in [-0.2, 0) is 16.0 Å². The molecule has 0 saturated carbocycles. The van der Waals surface area contributed by atoms with E-state index in [0.29, 0.717) is 23.0 Å². The Bertz CT molecular complexity index is 1280. The van der Waals surface area contributed by atoms with Crippen LogP contribution in [0, 0.1) is 5.41 Å². The van der Waals surface area contributed by atoms with Gasteiger partial charge in [0, 0.05) is 36.6 Å². The summed E-state index contributed by atoms with van der Waals surface area (Å²) >= 11 is 6.63. The molecule has 2 N–H and O–H groups in total. The molecule has 1 radical (unpaired) electrons. The minimum Gasteiger partial charge on any atom is -0.390 e. The fourth-order valence-corrected chi connectivity index (χ4v) is 4.79. The van der Waals surface area contributed by atoms with Crippen molar-refractivity contribution in [2.45, 2.75) is 73.2 Å². The molecule has 0 unspecified atom stereocenters. The van der Waals surface area contributed by atoms with Gasteiger partial charge in [0.15, 0.2) is 0 Å². The van der Waals surface area contributed by atoms with Gasteiger partial charge in [-0.2, -0.15) is 0 Å². The molecule has 215 valence electrons. The molecule has 6 nitrogen and oxygen atoms in total. The van der Waals surface area contributed by atoms with Crippen molar-refractivity contribution in [3.05, 3.63) is 71.2 Å². The van der Waals surface area contributed by atoms with Gasteiger partial charge in [0.05, 0.1) is 5.60 Å². The Balaban J connectivity index is 0.000000478. The summed E-state index contributed by atoms with van der Waals surface area (Å²) in [6, 6.07) is 11.6. The third kappa shape index (κ3) is 7.38. The minimum atomic E-state index is -0.553. The van der Waals surface area contributed by atoms with Crippen LogP contribution in [-0.4, -0.2) is 53.7 Å². The van der Waals surface area contributed by atoms with Gasteiger partial charge in [0.1, 0.15) is 18.7 Å². The van der Waals surface area contributed by atoms with Gasteiger partial charge in [0.2, 0.25) is 0 Å². The highest BCUT2D eigenvalue weighted by Gasteiger charge is 2.33. The first-order chi connectivity index (χ1) is 18.6. The number of carbonyl (C=O) groups is 2. The summed E-state index contributed by atoms with van der Waals surface area (Å²) in [4.78, 5) is 28.5. The number of anilines is 1. The Labute approximate surface area is 246 Å². The second kappa shape index (κ2) is 13.6. The molecule has 0 bridgehead atoms. The number of benzene rings is 2. The summed E-state index contributed by atoms with van der Waals surface area (Å²) in [5, 5.41) is 13.3. The Kier molecular flexibility index (Phi) is 11.2. The molecule has 40 heavy (non-hydrogen) atoms. The van der Waals surface area contributed by atoms with Gasteiger partial charge >= 0.3 is 0 Å². The van der Waals surface area contributed by atoms with Crippen molar-refractivity contribution in [2.75, 3.05) is 19.4 Å². The minimum absolute atomic E-state index is 0.0434. The van der Waals surface area contributed by atoms with E-state index in [9.17, 15) is 14.7 Å². The van der Waals surface area contributed by atoms with E-state index in [1.54, 1.807) is 19.0 Å². The average Bonchev–Trinajstić information content (AvgIpc) is 2.89. The molecule has 3 rings (SSSR count). The van der Waals surface area contributed by atoms with Crippen molar-refractivity contribution >= 4 is 41.8 Å². The second-order valence-electron chi connectivity index (χ2n) is 11.3. The van der Waals surface area contributed by atoms with Crippen LogP contribution >= 0.6 is 11.6 Å². The van der Waals surface area contributed by atoms with Gasteiger partial charge in [-0.15, -0.1) is 0 Å². The third-order valence-electron chi connectivity index (χ3n) is 7.84. The van der Waals surface area contributed by atoms with Gasteiger partial charge in [-0.3, -0.25) is 14.5 Å². The van der Waals surface area contributed by atoms with Crippen LogP contribution in [0.5, 0.6) is 0 Å². The number of aliphatic hydroxyl groups is 1. The molecule has 1 heterocycles. The lowest BCUT2D eigenvalue weighted by Crippen LogP contribution is -2.41. The summed E-state index contributed by atoms with van der Waals surface area (Å²) in [6.45, 7) is 17.9. The zero-order valence-corrected chi connectivity index (χ0v) is 26.2. The molecule has 0 aliphatic carbocycles. The number of rotatable bonds is 8. The van der Waals surface area contributed by atoms with Gasteiger partial charge in [0.25, 0.3) is 11.8 Å². The predicted molar refractivity (Wildman–Crippen MR) is 169 cm³/mol. The zero-order valence-electron chi connectivity index (χ0n) is 25.5. The number of likely N-dealkylation sites (N-methyl/N-ethyl adjacent to an activating group) is 1. The lowest BCUT2D eigenvalue weighted by molar-refractivity contribution is -0.128. The monoisotopic (exact) mass is 564 g/mol. The Hall–Kier alpha value is -3.03. The Morgan fingerprint density at radius 2 is 1.68 bits per heavy atom. The highest BCUT2D eigenvalue weighted by atomic mass is 35.5. The molecule has 0 aromatic heterocycles. The number of halogens is 1. The number of hydrogen-bond acceptors (Lipinski definition) is 4. The van der Waals surface area contributed by atoms with Gasteiger partial charge in [-0.25, -0.2) is 0 Å². The zero-order chi connectivity index (χ0) is 30.4. The van der Waals surface area contributed by atoms with Crippen LogP contribution in [0.2, 0.25) is 11.8 Å². The molecular formula is C32H44BClN3O3. The maximum atomic E-state index is 12.9. The molecule has 1 aliphatic rings. The fraction of sp³-hybridized carbons (Fsp3) is 0.438. The molecule has 0 fully saturated rings. The summed E-state index contributed by atoms with van der Waals surface area (Å²) in [5.74, 6) is -0.339. The molecular weight excluding hydrogens is 521 g/mol. The van der Waals surface area contributed by atoms with Crippen LogP contribution in [0.4, 0.5) is 5.69 Å². The van der Waals surface area contributed by atoms with Crippen molar-refractivity contribution in [3.8, 4) is 11.1 Å². The molecule has 0 spiro atoms. The molecule has 0 saturated heterocycles. The first-order valence-electron chi connectivity index (χ1n) is 13.8. The standard InChI is InChI=1S/C23H24BClN3O2.C9H20O/c1-6-15-16(17-10-7-11-19(24-3)21(17)25)9-8-12-20(15)26-22(29)18-13-27(4)14(2)28(5)23(18)30;1-6-7-8(2,3)9(4,5)10/h7-13H,2,6H2,1,3-5H3,(H,26,29);10H,6-7H2,1-5H3. The van der Waals surface area contributed by atoms with E-state index in [-0.39, 0.29) is 16.9 Å². The number of nitrogens with one attached hydrogen (secondary N) is 1. The van der Waals surface area contributed by atoms with Crippen LogP contribution in [0.25, 0.3) is 11.1 Å². The molecule has 0 atom stereocenters. The average molecular weight is 565 g/mol. The summed E-state index contributed by atoms with van der Waals surface area (Å²) in [5.41, 5.74) is 3.97. The van der Waals surface area contributed by atoms with Gasteiger partial charge < -0.3 is 15.3 Å². The number of amides is 2. The highest BCUT2D eigenvalue weighted by molar-refractivity contribution is 6.58. The maximum Gasteiger partial charge on any atom is 0.266 e.